The van der Waals surface area contributed by atoms with E-state index >= 15 is 0 Å². The predicted molar refractivity (Wildman–Crippen MR) is 94.9 cm³/mol. The fourth-order valence-electron chi connectivity index (χ4n) is 3.23. The number of halogens is 2. The molecule has 0 bridgehead atoms. The first-order chi connectivity index (χ1) is 11.9. The van der Waals surface area contributed by atoms with Crippen molar-refractivity contribution in [2.24, 2.45) is 0 Å². The summed E-state index contributed by atoms with van der Waals surface area (Å²) in [5.41, 5.74) is 1.46. The molecule has 3 rings (SSSR count). The third-order valence-electron chi connectivity index (χ3n) is 4.11. The van der Waals surface area contributed by atoms with Crippen LogP contribution in [0, 0.1) is 5.82 Å². The summed E-state index contributed by atoms with van der Waals surface area (Å²) in [5, 5.41) is 0.535. The van der Waals surface area contributed by atoms with Gasteiger partial charge in [-0.3, -0.25) is 4.98 Å². The number of ether oxygens (including phenoxy) is 2. The lowest BCUT2D eigenvalue weighted by molar-refractivity contribution is -0.00527. The van der Waals surface area contributed by atoms with Gasteiger partial charge in [-0.25, -0.2) is 9.18 Å². The third kappa shape index (κ3) is 3.55. The number of pyridine rings is 1. The zero-order valence-corrected chi connectivity index (χ0v) is 15.1. The first-order valence-electron chi connectivity index (χ1n) is 8.26. The van der Waals surface area contributed by atoms with Gasteiger partial charge in [-0.05, 0) is 32.9 Å². The number of hydrogen-bond acceptors (Lipinski definition) is 5. The summed E-state index contributed by atoms with van der Waals surface area (Å²) in [6.45, 7) is 7.09. The second-order valence-electron chi connectivity index (χ2n) is 6.19. The molecular formula is C18H20ClFN2O3. The molecule has 1 saturated heterocycles. The Morgan fingerprint density at radius 3 is 2.72 bits per heavy atom. The smallest absolute Gasteiger partial charge is 0.341 e. The Morgan fingerprint density at radius 1 is 1.40 bits per heavy atom. The molecule has 0 spiro atoms. The summed E-state index contributed by atoms with van der Waals surface area (Å²) in [5.74, 6) is -1.03. The minimum Gasteiger partial charge on any atom is -0.462 e. The van der Waals surface area contributed by atoms with Crippen molar-refractivity contribution in [2.45, 2.75) is 33.0 Å². The van der Waals surface area contributed by atoms with E-state index in [-0.39, 0.29) is 23.8 Å². The van der Waals surface area contributed by atoms with Crippen molar-refractivity contribution >= 4 is 34.2 Å². The summed E-state index contributed by atoms with van der Waals surface area (Å²) in [4.78, 5) is 18.7. The zero-order chi connectivity index (χ0) is 18.1. The molecule has 0 N–H and O–H groups in total. The van der Waals surface area contributed by atoms with Gasteiger partial charge in [-0.15, -0.1) is 0 Å². The van der Waals surface area contributed by atoms with E-state index in [4.69, 9.17) is 21.1 Å². The number of nitrogens with zero attached hydrogens (tertiary/aromatic N) is 2. The van der Waals surface area contributed by atoms with Crippen LogP contribution in [0.4, 0.5) is 10.1 Å². The molecule has 2 atom stereocenters. The van der Waals surface area contributed by atoms with Crippen molar-refractivity contribution in [1.29, 1.82) is 0 Å². The van der Waals surface area contributed by atoms with Gasteiger partial charge in [0.2, 0.25) is 0 Å². The highest BCUT2D eigenvalue weighted by Crippen LogP contribution is 2.34. The van der Waals surface area contributed by atoms with Crippen molar-refractivity contribution < 1.29 is 18.7 Å². The van der Waals surface area contributed by atoms with E-state index in [1.54, 1.807) is 6.92 Å². The van der Waals surface area contributed by atoms with Gasteiger partial charge in [0.1, 0.15) is 11.4 Å². The summed E-state index contributed by atoms with van der Waals surface area (Å²) in [6.07, 6.45) is 1.44. The Labute approximate surface area is 150 Å². The molecule has 1 fully saturated rings. The lowest BCUT2D eigenvalue weighted by Crippen LogP contribution is -2.46. The molecule has 7 heteroatoms. The van der Waals surface area contributed by atoms with Crippen LogP contribution in [0.3, 0.4) is 0 Å². The number of hydrogen-bond donors (Lipinski definition) is 0. The lowest BCUT2D eigenvalue weighted by Gasteiger charge is -2.38. The van der Waals surface area contributed by atoms with Gasteiger partial charge in [0.05, 0.1) is 35.0 Å². The Hall–Kier alpha value is -1.92. The minimum atomic E-state index is -0.549. The van der Waals surface area contributed by atoms with Gasteiger partial charge in [0.15, 0.2) is 0 Å². The monoisotopic (exact) mass is 366 g/mol. The maximum absolute atomic E-state index is 14.1. The topological polar surface area (TPSA) is 51.7 Å². The fourth-order valence-corrected chi connectivity index (χ4v) is 3.39. The highest BCUT2D eigenvalue weighted by Gasteiger charge is 2.28. The molecule has 1 aliphatic rings. The van der Waals surface area contributed by atoms with Gasteiger partial charge in [0, 0.05) is 24.7 Å². The number of carbonyl (C=O) groups is 1. The van der Waals surface area contributed by atoms with Gasteiger partial charge < -0.3 is 14.4 Å². The predicted octanol–water partition coefficient (Wildman–Crippen LogP) is 3.82. The lowest BCUT2D eigenvalue weighted by atomic mass is 10.1. The van der Waals surface area contributed by atoms with Gasteiger partial charge >= 0.3 is 5.97 Å². The Kier molecular flexibility index (Phi) is 5.11. The van der Waals surface area contributed by atoms with Gasteiger partial charge in [0.25, 0.3) is 0 Å². The van der Waals surface area contributed by atoms with E-state index in [1.807, 2.05) is 18.7 Å². The highest BCUT2D eigenvalue weighted by molar-refractivity contribution is 6.31. The maximum atomic E-state index is 14.1. The zero-order valence-electron chi connectivity index (χ0n) is 14.4. The standard InChI is InChI=1S/C18H20ClFN2O3/c1-4-24-18(23)13-7-21-16-6-14(19)15(20)5-12(16)17(13)22-8-10(2)25-11(3)9-22/h5-7,10-11H,4,8-9H2,1-3H3. The van der Waals surface area contributed by atoms with Gasteiger partial charge in [-0.1, -0.05) is 11.6 Å². The molecule has 1 aromatic heterocycles. The fraction of sp³-hybridized carbons (Fsp3) is 0.444. The first-order valence-corrected chi connectivity index (χ1v) is 8.63. The summed E-state index contributed by atoms with van der Waals surface area (Å²) in [6, 6.07) is 2.80. The van der Waals surface area contributed by atoms with E-state index < -0.39 is 11.8 Å². The molecule has 5 nitrogen and oxygen atoms in total. The molecule has 2 unspecified atom stereocenters. The number of aromatic nitrogens is 1. The molecule has 1 aromatic carbocycles. The number of fused-ring (bicyclic) bond motifs is 1. The molecule has 0 aliphatic carbocycles. The van der Waals surface area contributed by atoms with Crippen molar-refractivity contribution in [3.05, 3.63) is 34.7 Å². The maximum Gasteiger partial charge on any atom is 0.341 e. The van der Waals surface area contributed by atoms with E-state index in [9.17, 15) is 9.18 Å². The van der Waals surface area contributed by atoms with Crippen LogP contribution >= 0.6 is 11.6 Å². The highest BCUT2D eigenvalue weighted by atomic mass is 35.5. The SMILES string of the molecule is CCOC(=O)c1cnc2cc(Cl)c(F)cc2c1N1CC(C)OC(C)C1. The van der Waals surface area contributed by atoms with E-state index in [0.29, 0.717) is 35.2 Å². The van der Waals surface area contributed by atoms with Crippen LogP contribution in [-0.4, -0.2) is 42.9 Å². The molecule has 0 amide bonds. The van der Waals surface area contributed by atoms with Crippen LogP contribution in [0.5, 0.6) is 0 Å². The number of esters is 1. The summed E-state index contributed by atoms with van der Waals surface area (Å²) >= 11 is 5.88. The van der Waals surface area contributed by atoms with Crippen LogP contribution in [0.15, 0.2) is 18.3 Å². The quantitative estimate of drug-likeness (QED) is 0.773. The van der Waals surface area contributed by atoms with Gasteiger partial charge in [-0.2, -0.15) is 0 Å². The number of rotatable bonds is 3. The Bertz CT molecular complexity index is 804. The Balaban J connectivity index is 2.21. The number of carbonyl (C=O) groups excluding carboxylic acids is 1. The average Bonchev–Trinajstić information content (AvgIpc) is 2.54. The number of anilines is 1. The molecule has 25 heavy (non-hydrogen) atoms. The summed E-state index contributed by atoms with van der Waals surface area (Å²) in [7, 11) is 0. The van der Waals surface area contributed by atoms with Crippen molar-refractivity contribution in [3.8, 4) is 0 Å². The molecular weight excluding hydrogens is 347 g/mol. The van der Waals surface area contributed by atoms with E-state index in [0.717, 1.165) is 0 Å². The minimum absolute atomic E-state index is 0.00134. The number of benzene rings is 1. The second-order valence-corrected chi connectivity index (χ2v) is 6.59. The van der Waals surface area contributed by atoms with E-state index in [2.05, 4.69) is 4.98 Å². The van der Waals surface area contributed by atoms with E-state index in [1.165, 1.54) is 18.3 Å². The largest absolute Gasteiger partial charge is 0.462 e. The van der Waals surface area contributed by atoms with Crippen molar-refractivity contribution in [3.63, 3.8) is 0 Å². The Morgan fingerprint density at radius 2 is 2.08 bits per heavy atom. The molecule has 134 valence electrons. The van der Waals surface area contributed by atoms with Crippen LogP contribution in [-0.2, 0) is 9.47 Å². The normalized spacial score (nSPS) is 20.8. The number of morpholine rings is 1. The molecule has 1 aliphatic heterocycles. The van der Waals surface area contributed by atoms with Crippen molar-refractivity contribution in [2.75, 3.05) is 24.6 Å². The van der Waals surface area contributed by atoms with Crippen LogP contribution in [0.2, 0.25) is 5.02 Å². The molecule has 2 aromatic rings. The average molecular weight is 367 g/mol. The third-order valence-corrected chi connectivity index (χ3v) is 4.40. The second kappa shape index (κ2) is 7.14. The molecule has 0 radical (unpaired) electrons. The van der Waals surface area contributed by atoms with Crippen LogP contribution in [0.1, 0.15) is 31.1 Å². The summed E-state index contributed by atoms with van der Waals surface area (Å²) < 4.78 is 25.0. The molecule has 2 heterocycles. The van der Waals surface area contributed by atoms with Crippen LogP contribution < -0.4 is 4.90 Å². The van der Waals surface area contributed by atoms with Crippen molar-refractivity contribution in [1.82, 2.24) is 4.98 Å². The molecule has 0 saturated carbocycles. The first kappa shape index (κ1) is 17.9. The van der Waals surface area contributed by atoms with Crippen LogP contribution in [0.25, 0.3) is 10.9 Å².